The van der Waals surface area contributed by atoms with Crippen LogP contribution in [-0.4, -0.2) is 26.5 Å². The molecule has 2 N–H and O–H groups in total. The van der Waals surface area contributed by atoms with Crippen molar-refractivity contribution in [2.45, 2.75) is 20.5 Å². The van der Waals surface area contributed by atoms with E-state index in [1.807, 2.05) is 50.2 Å². The Kier molecular flexibility index (Phi) is 7.09. The number of benzene rings is 2. The van der Waals surface area contributed by atoms with Crippen LogP contribution in [0.1, 0.15) is 23.6 Å². The predicted octanol–water partition coefficient (Wildman–Crippen LogP) is 3.27. The molecule has 0 atom stereocenters. The van der Waals surface area contributed by atoms with Gasteiger partial charge < -0.3 is 19.3 Å². The van der Waals surface area contributed by atoms with Gasteiger partial charge in [-0.05, 0) is 55.3 Å². The van der Waals surface area contributed by atoms with Gasteiger partial charge in [-0.1, -0.05) is 17.1 Å². The molecule has 0 aliphatic heterocycles. The molecule has 0 saturated heterocycles. The summed E-state index contributed by atoms with van der Waals surface area (Å²) in [6, 6.07) is 11.5. The smallest absolute Gasteiger partial charge is 0.177 e. The lowest BCUT2D eigenvalue weighted by Gasteiger charge is -2.20. The molecule has 0 aromatic heterocycles. The van der Waals surface area contributed by atoms with E-state index in [1.165, 1.54) is 0 Å². The average molecular weight is 367 g/mol. The summed E-state index contributed by atoms with van der Waals surface area (Å²) >= 11 is 0. The molecule has 6 nitrogen and oxygen atoms in total. The van der Waals surface area contributed by atoms with Crippen molar-refractivity contribution in [2.75, 3.05) is 25.8 Å². The van der Waals surface area contributed by atoms with E-state index in [2.05, 4.69) is 11.1 Å². The minimum absolute atomic E-state index is 0.147. The molecule has 0 aliphatic carbocycles. The fraction of sp³-hybridized carbons (Fsp3) is 0.286. The van der Waals surface area contributed by atoms with Crippen LogP contribution >= 0.6 is 0 Å². The van der Waals surface area contributed by atoms with E-state index in [1.54, 1.807) is 19.2 Å². The van der Waals surface area contributed by atoms with Crippen LogP contribution in [0.3, 0.4) is 0 Å². The third-order valence-corrected chi connectivity index (χ3v) is 4.02. The zero-order valence-electron chi connectivity index (χ0n) is 16.2. The minimum atomic E-state index is 0.147. The molecule has 0 heterocycles. The first-order valence-corrected chi connectivity index (χ1v) is 8.46. The van der Waals surface area contributed by atoms with Gasteiger partial charge in [-0.25, -0.2) is 5.84 Å². The second kappa shape index (κ2) is 9.51. The lowest BCUT2D eigenvalue weighted by molar-refractivity contribution is 0.180. The first-order chi connectivity index (χ1) is 13.0. The zero-order valence-corrected chi connectivity index (χ0v) is 16.2. The first-order valence-electron chi connectivity index (χ1n) is 8.46. The number of hydrogen-bond acceptors (Lipinski definition) is 6. The monoisotopic (exact) mass is 367 g/mol. The van der Waals surface area contributed by atoms with Crippen molar-refractivity contribution in [3.8, 4) is 23.8 Å². The van der Waals surface area contributed by atoms with E-state index >= 15 is 0 Å². The molecule has 0 radical (unpaired) electrons. The van der Waals surface area contributed by atoms with Gasteiger partial charge in [-0.3, -0.25) is 0 Å². The number of hydrazine groups is 1. The molecule has 0 unspecified atom stereocenters. The van der Waals surface area contributed by atoms with Crippen LogP contribution in [0.5, 0.6) is 11.5 Å². The highest BCUT2D eigenvalue weighted by Gasteiger charge is 2.13. The Morgan fingerprint density at radius 2 is 2.04 bits per heavy atom. The van der Waals surface area contributed by atoms with E-state index in [-0.39, 0.29) is 6.61 Å². The summed E-state index contributed by atoms with van der Waals surface area (Å²) in [4.78, 5) is 5.03. The summed E-state index contributed by atoms with van der Waals surface area (Å²) in [6.45, 7) is 4.32. The highest BCUT2D eigenvalue weighted by atomic mass is 16.6. The second-order valence-electron chi connectivity index (χ2n) is 5.99. The van der Waals surface area contributed by atoms with Crippen LogP contribution in [0.2, 0.25) is 0 Å². The highest BCUT2D eigenvalue weighted by Crippen LogP contribution is 2.30. The summed E-state index contributed by atoms with van der Waals surface area (Å²) in [5, 5.41) is 5.55. The predicted molar refractivity (Wildman–Crippen MR) is 108 cm³/mol. The highest BCUT2D eigenvalue weighted by molar-refractivity contribution is 5.98. The summed E-state index contributed by atoms with van der Waals surface area (Å²) < 4.78 is 11.5. The number of ether oxygens (including phenoxy) is 2. The molecule has 0 fully saturated rings. The van der Waals surface area contributed by atoms with Crippen molar-refractivity contribution in [1.29, 1.82) is 0 Å². The minimum Gasteiger partial charge on any atom is -0.496 e. The van der Waals surface area contributed by atoms with E-state index in [0.717, 1.165) is 39.6 Å². The molecule has 0 bridgehead atoms. The van der Waals surface area contributed by atoms with Crippen molar-refractivity contribution < 1.29 is 14.3 Å². The van der Waals surface area contributed by atoms with Gasteiger partial charge in [-0.15, -0.1) is 6.42 Å². The first kappa shape index (κ1) is 20.1. The maximum atomic E-state index is 6.03. The molecular formula is C21H25N3O3. The molecule has 0 spiro atoms. The van der Waals surface area contributed by atoms with Gasteiger partial charge in [0, 0.05) is 7.05 Å². The maximum Gasteiger partial charge on any atom is 0.177 e. The fourth-order valence-corrected chi connectivity index (χ4v) is 2.63. The maximum absolute atomic E-state index is 6.03. The normalized spacial score (nSPS) is 10.9. The van der Waals surface area contributed by atoms with Crippen molar-refractivity contribution >= 4 is 11.4 Å². The van der Waals surface area contributed by atoms with E-state index in [4.69, 9.17) is 26.6 Å². The lowest BCUT2D eigenvalue weighted by Crippen LogP contribution is -2.26. The summed E-state index contributed by atoms with van der Waals surface area (Å²) in [6.07, 6.45) is 5.15. The summed E-state index contributed by atoms with van der Waals surface area (Å²) in [5.41, 5.74) is 4.40. The van der Waals surface area contributed by atoms with Gasteiger partial charge in [0.25, 0.3) is 0 Å². The molecule has 2 aromatic carbocycles. The van der Waals surface area contributed by atoms with Crippen molar-refractivity contribution in [2.24, 2.45) is 11.0 Å². The molecule has 142 valence electrons. The molecular weight excluding hydrogens is 342 g/mol. The van der Waals surface area contributed by atoms with Crippen LogP contribution < -0.4 is 20.3 Å². The third kappa shape index (κ3) is 5.16. The van der Waals surface area contributed by atoms with Gasteiger partial charge in [0.05, 0.1) is 24.1 Å². The van der Waals surface area contributed by atoms with Gasteiger partial charge in [0.2, 0.25) is 0 Å². The van der Waals surface area contributed by atoms with Gasteiger partial charge in [0.15, 0.2) is 6.61 Å². The van der Waals surface area contributed by atoms with Crippen LogP contribution in [0.25, 0.3) is 0 Å². The Balaban J connectivity index is 2.18. The summed E-state index contributed by atoms with van der Waals surface area (Å²) in [5.74, 6) is 9.80. The number of nitrogens with zero attached hydrogens (tertiary/aromatic N) is 2. The number of oxime groups is 1. The molecule has 0 saturated carbocycles. The number of rotatable bonds is 8. The molecule has 2 rings (SSSR count). The number of terminal acetylenes is 1. The van der Waals surface area contributed by atoms with Gasteiger partial charge >= 0.3 is 0 Å². The quantitative estimate of drug-likeness (QED) is 0.255. The average Bonchev–Trinajstić information content (AvgIpc) is 2.66. The SMILES string of the molecule is C#CCON=C(C)c1ccc(OCc2c(OC)cccc2N(C)N)c(C)c1. The van der Waals surface area contributed by atoms with Crippen molar-refractivity contribution in [3.05, 3.63) is 53.1 Å². The Morgan fingerprint density at radius 3 is 2.67 bits per heavy atom. The van der Waals surface area contributed by atoms with E-state index < -0.39 is 0 Å². The van der Waals surface area contributed by atoms with Crippen molar-refractivity contribution in [3.63, 3.8) is 0 Å². The Labute approximate surface area is 160 Å². The lowest BCUT2D eigenvalue weighted by atomic mass is 10.1. The summed E-state index contributed by atoms with van der Waals surface area (Å²) in [7, 11) is 3.41. The Bertz CT molecular complexity index is 854. The van der Waals surface area contributed by atoms with Gasteiger partial charge in [-0.2, -0.15) is 0 Å². The van der Waals surface area contributed by atoms with Gasteiger partial charge in [0.1, 0.15) is 18.1 Å². The topological polar surface area (TPSA) is 69.3 Å². The third-order valence-electron chi connectivity index (χ3n) is 4.02. The van der Waals surface area contributed by atoms with Crippen LogP contribution in [0.4, 0.5) is 5.69 Å². The number of methoxy groups -OCH3 is 1. The van der Waals surface area contributed by atoms with E-state index in [9.17, 15) is 0 Å². The molecule has 0 aliphatic rings. The molecule has 6 heteroatoms. The number of hydrogen-bond donors (Lipinski definition) is 1. The molecule has 27 heavy (non-hydrogen) atoms. The molecule has 2 aromatic rings. The standard InChI is InChI=1S/C21H25N3O3/c1-6-12-27-23-16(3)17-10-11-20(15(2)13-17)26-14-18-19(24(4)22)8-7-9-21(18)25-5/h1,7-11,13H,12,14,22H2,2-5H3. The van der Waals surface area contributed by atoms with Crippen LogP contribution in [-0.2, 0) is 11.4 Å². The van der Waals surface area contributed by atoms with E-state index in [0.29, 0.717) is 6.61 Å². The zero-order chi connectivity index (χ0) is 19.8. The Morgan fingerprint density at radius 1 is 1.26 bits per heavy atom. The van der Waals surface area contributed by atoms with Crippen LogP contribution in [0.15, 0.2) is 41.6 Å². The molecule has 0 amide bonds. The Hall–Kier alpha value is -3.17. The number of anilines is 1. The second-order valence-corrected chi connectivity index (χ2v) is 5.99. The van der Waals surface area contributed by atoms with Crippen LogP contribution in [0, 0.1) is 19.3 Å². The van der Waals surface area contributed by atoms with Crippen molar-refractivity contribution in [1.82, 2.24) is 0 Å². The largest absolute Gasteiger partial charge is 0.496 e. The number of nitrogens with two attached hydrogens (primary N) is 1. The fourth-order valence-electron chi connectivity index (χ4n) is 2.63. The number of aryl methyl sites for hydroxylation is 1.